The van der Waals surface area contributed by atoms with E-state index in [4.69, 9.17) is 9.15 Å². The molecule has 1 fully saturated rings. The highest BCUT2D eigenvalue weighted by Crippen LogP contribution is 2.25. The predicted molar refractivity (Wildman–Crippen MR) is 118 cm³/mol. The van der Waals surface area contributed by atoms with E-state index >= 15 is 0 Å². The second-order valence-corrected chi connectivity index (χ2v) is 7.62. The second-order valence-electron chi connectivity index (χ2n) is 7.62. The number of guanidine groups is 1. The third-order valence-electron chi connectivity index (χ3n) is 5.69. The largest absolute Gasteiger partial charge is 0.497 e. The Morgan fingerprint density at radius 3 is 2.55 bits per heavy atom. The molecule has 29 heavy (non-hydrogen) atoms. The standard InChI is InChI=1S/C23H34N4O2/c1-18(19-8-10-20(28-3)11-9-19)12-13-25-23(24-2)26-17-21(22-7-6-16-29-22)27-14-4-5-15-27/h6-11,16,18,21H,4-5,12-15,17H2,1-3H3,(H2,24,25,26). The Kier molecular flexibility index (Phi) is 7.99. The van der Waals surface area contributed by atoms with E-state index in [-0.39, 0.29) is 6.04 Å². The highest BCUT2D eigenvalue weighted by atomic mass is 16.5. The molecule has 0 aliphatic carbocycles. The maximum Gasteiger partial charge on any atom is 0.191 e. The molecule has 158 valence electrons. The highest BCUT2D eigenvalue weighted by molar-refractivity contribution is 5.79. The van der Waals surface area contributed by atoms with Crippen molar-refractivity contribution < 1.29 is 9.15 Å². The molecular weight excluding hydrogens is 364 g/mol. The first kappa shape index (κ1) is 21.2. The summed E-state index contributed by atoms with van der Waals surface area (Å²) in [7, 11) is 3.52. The molecule has 1 aliphatic heterocycles. The Hall–Kier alpha value is -2.47. The molecule has 0 radical (unpaired) electrons. The van der Waals surface area contributed by atoms with Crippen LogP contribution in [0.4, 0.5) is 0 Å². The molecule has 2 N–H and O–H groups in total. The molecule has 0 bridgehead atoms. The molecule has 2 aromatic rings. The first-order chi connectivity index (χ1) is 14.2. The lowest BCUT2D eigenvalue weighted by molar-refractivity contribution is 0.215. The average molecular weight is 399 g/mol. The number of likely N-dealkylation sites (tertiary alicyclic amines) is 1. The van der Waals surface area contributed by atoms with Crippen LogP contribution in [-0.4, -0.2) is 51.2 Å². The topological polar surface area (TPSA) is 62.0 Å². The quantitative estimate of drug-likeness (QED) is 0.497. The molecule has 2 unspecified atom stereocenters. The summed E-state index contributed by atoms with van der Waals surface area (Å²) in [6, 6.07) is 12.6. The van der Waals surface area contributed by atoms with Gasteiger partial charge in [0.15, 0.2) is 5.96 Å². The van der Waals surface area contributed by atoms with Gasteiger partial charge in [-0.25, -0.2) is 0 Å². The monoisotopic (exact) mass is 398 g/mol. The van der Waals surface area contributed by atoms with E-state index in [0.29, 0.717) is 5.92 Å². The third kappa shape index (κ3) is 6.00. The first-order valence-electron chi connectivity index (χ1n) is 10.6. The fourth-order valence-corrected chi connectivity index (χ4v) is 3.86. The maximum atomic E-state index is 5.70. The van der Waals surface area contributed by atoms with Crippen LogP contribution < -0.4 is 15.4 Å². The van der Waals surface area contributed by atoms with Gasteiger partial charge in [0, 0.05) is 20.1 Å². The summed E-state index contributed by atoms with van der Waals surface area (Å²) < 4.78 is 10.9. The molecule has 6 nitrogen and oxygen atoms in total. The Morgan fingerprint density at radius 1 is 1.17 bits per heavy atom. The third-order valence-corrected chi connectivity index (χ3v) is 5.69. The fraction of sp³-hybridized carbons (Fsp3) is 0.522. The van der Waals surface area contributed by atoms with Gasteiger partial charge < -0.3 is 19.8 Å². The lowest BCUT2D eigenvalue weighted by Gasteiger charge is -2.26. The van der Waals surface area contributed by atoms with Crippen LogP contribution in [0, 0.1) is 0 Å². The molecule has 1 aromatic carbocycles. The highest BCUT2D eigenvalue weighted by Gasteiger charge is 2.25. The van der Waals surface area contributed by atoms with Crippen LogP contribution in [0.2, 0.25) is 0 Å². The van der Waals surface area contributed by atoms with Crippen LogP contribution in [0.5, 0.6) is 5.75 Å². The van der Waals surface area contributed by atoms with Crippen LogP contribution in [-0.2, 0) is 0 Å². The summed E-state index contributed by atoms with van der Waals surface area (Å²) in [6.07, 6.45) is 5.30. The number of aliphatic imine (C=N–C) groups is 1. The number of furan rings is 1. The predicted octanol–water partition coefficient (Wildman–Crippen LogP) is 3.78. The SMILES string of the molecule is CN=C(NCCC(C)c1ccc(OC)cc1)NCC(c1ccco1)N1CCCC1. The second kappa shape index (κ2) is 10.9. The molecule has 2 heterocycles. The van der Waals surface area contributed by atoms with Crippen molar-refractivity contribution in [3.05, 3.63) is 54.0 Å². The minimum Gasteiger partial charge on any atom is -0.497 e. The number of nitrogens with zero attached hydrogens (tertiary/aromatic N) is 2. The minimum absolute atomic E-state index is 0.240. The van der Waals surface area contributed by atoms with Crippen molar-refractivity contribution in [1.82, 2.24) is 15.5 Å². The van der Waals surface area contributed by atoms with Crippen molar-refractivity contribution in [3.63, 3.8) is 0 Å². The Labute approximate surface area is 174 Å². The number of ether oxygens (including phenoxy) is 1. The molecular formula is C23H34N4O2. The van der Waals surface area contributed by atoms with E-state index in [2.05, 4.69) is 45.6 Å². The van der Waals surface area contributed by atoms with Gasteiger partial charge in [-0.15, -0.1) is 0 Å². The van der Waals surface area contributed by atoms with Crippen LogP contribution in [0.25, 0.3) is 0 Å². The molecule has 3 rings (SSSR count). The number of benzene rings is 1. The van der Waals surface area contributed by atoms with Gasteiger partial charge in [0.25, 0.3) is 0 Å². The lowest BCUT2D eigenvalue weighted by atomic mass is 9.98. The number of hydrogen-bond acceptors (Lipinski definition) is 4. The van der Waals surface area contributed by atoms with E-state index in [1.165, 1.54) is 18.4 Å². The molecule has 6 heteroatoms. The Balaban J connectivity index is 1.46. The van der Waals surface area contributed by atoms with Crippen LogP contribution in [0.1, 0.15) is 49.5 Å². The van der Waals surface area contributed by atoms with Gasteiger partial charge in [-0.3, -0.25) is 9.89 Å². The van der Waals surface area contributed by atoms with Crippen molar-refractivity contribution in [2.45, 2.75) is 38.1 Å². The summed E-state index contributed by atoms with van der Waals surface area (Å²) in [5, 5.41) is 6.93. The smallest absolute Gasteiger partial charge is 0.191 e. The first-order valence-corrected chi connectivity index (χ1v) is 10.6. The summed E-state index contributed by atoms with van der Waals surface area (Å²) in [4.78, 5) is 6.88. The average Bonchev–Trinajstić information content (AvgIpc) is 3.47. The van der Waals surface area contributed by atoms with E-state index in [0.717, 1.165) is 50.1 Å². The van der Waals surface area contributed by atoms with E-state index < -0.39 is 0 Å². The van der Waals surface area contributed by atoms with Crippen LogP contribution in [0.3, 0.4) is 0 Å². The van der Waals surface area contributed by atoms with Crippen molar-refractivity contribution >= 4 is 5.96 Å². The normalized spacial score (nSPS) is 17.1. The zero-order chi connectivity index (χ0) is 20.5. The number of nitrogens with one attached hydrogen (secondary N) is 2. The van der Waals surface area contributed by atoms with Crippen LogP contribution >= 0.6 is 0 Å². The minimum atomic E-state index is 0.240. The van der Waals surface area contributed by atoms with E-state index in [1.54, 1.807) is 13.4 Å². The van der Waals surface area contributed by atoms with Crippen molar-refractivity contribution in [1.29, 1.82) is 0 Å². The molecule has 2 atom stereocenters. The molecule has 1 aromatic heterocycles. The van der Waals surface area contributed by atoms with Crippen molar-refractivity contribution in [2.75, 3.05) is 40.3 Å². The number of rotatable bonds is 9. The van der Waals surface area contributed by atoms with Gasteiger partial charge in [0.2, 0.25) is 0 Å². The van der Waals surface area contributed by atoms with Crippen LogP contribution in [0.15, 0.2) is 52.1 Å². The molecule has 0 saturated carbocycles. The van der Waals surface area contributed by atoms with Crippen molar-refractivity contribution in [2.24, 2.45) is 4.99 Å². The summed E-state index contributed by atoms with van der Waals surface area (Å²) in [5.74, 6) is 3.21. The van der Waals surface area contributed by atoms with Gasteiger partial charge in [0.05, 0.1) is 19.4 Å². The summed E-state index contributed by atoms with van der Waals surface area (Å²) >= 11 is 0. The Morgan fingerprint density at radius 2 is 1.93 bits per heavy atom. The van der Waals surface area contributed by atoms with Gasteiger partial charge >= 0.3 is 0 Å². The Bertz CT molecular complexity index is 737. The van der Waals surface area contributed by atoms with E-state index in [1.807, 2.05) is 25.2 Å². The van der Waals surface area contributed by atoms with Gasteiger partial charge in [-0.1, -0.05) is 19.1 Å². The van der Waals surface area contributed by atoms with Gasteiger partial charge in [0.1, 0.15) is 11.5 Å². The molecule has 0 spiro atoms. The van der Waals surface area contributed by atoms with Gasteiger partial charge in [-0.05, 0) is 68.1 Å². The molecule has 1 aliphatic rings. The van der Waals surface area contributed by atoms with E-state index in [9.17, 15) is 0 Å². The summed E-state index contributed by atoms with van der Waals surface area (Å²) in [5.41, 5.74) is 1.32. The van der Waals surface area contributed by atoms with Crippen molar-refractivity contribution in [3.8, 4) is 5.75 Å². The maximum absolute atomic E-state index is 5.70. The fourth-order valence-electron chi connectivity index (χ4n) is 3.86. The molecule has 1 saturated heterocycles. The van der Waals surface area contributed by atoms with Gasteiger partial charge in [-0.2, -0.15) is 0 Å². The molecule has 0 amide bonds. The number of methoxy groups -OCH3 is 1. The number of hydrogen-bond donors (Lipinski definition) is 2. The lowest BCUT2D eigenvalue weighted by Crippen LogP contribution is -2.43. The zero-order valence-corrected chi connectivity index (χ0v) is 17.9. The summed E-state index contributed by atoms with van der Waals surface area (Å²) in [6.45, 7) is 6.14. The zero-order valence-electron chi connectivity index (χ0n) is 17.9.